The predicted molar refractivity (Wildman–Crippen MR) is 162 cm³/mol. The number of halogens is 2. The van der Waals surface area contributed by atoms with Gasteiger partial charge < -0.3 is 15.0 Å². The lowest BCUT2D eigenvalue weighted by atomic mass is 10.2. The molecule has 2 heterocycles. The maximum absolute atomic E-state index is 12.9. The van der Waals surface area contributed by atoms with Gasteiger partial charge in [-0.25, -0.2) is 9.36 Å². The van der Waals surface area contributed by atoms with Gasteiger partial charge in [-0.15, -0.1) is 0 Å². The van der Waals surface area contributed by atoms with Crippen molar-refractivity contribution in [3.8, 4) is 5.75 Å². The smallest absolute Gasteiger partial charge is 0.329 e. The summed E-state index contributed by atoms with van der Waals surface area (Å²) >= 11 is 12.6. The number of ether oxygens (including phenoxy) is 1. The van der Waals surface area contributed by atoms with E-state index in [1.807, 2.05) is 60.7 Å². The van der Waals surface area contributed by atoms with Crippen molar-refractivity contribution in [3.05, 3.63) is 105 Å². The van der Waals surface area contributed by atoms with Gasteiger partial charge in [-0.2, -0.15) is 0 Å². The Bertz CT molecular complexity index is 1520. The predicted octanol–water partition coefficient (Wildman–Crippen LogP) is 6.05. The van der Waals surface area contributed by atoms with Crippen LogP contribution >= 0.6 is 23.2 Å². The molecule has 1 aromatic heterocycles. The average Bonchev–Trinajstić information content (AvgIpc) is 2.98. The summed E-state index contributed by atoms with van der Waals surface area (Å²) in [4.78, 5) is 30.3. The van der Waals surface area contributed by atoms with Crippen LogP contribution in [0.1, 0.15) is 18.4 Å². The average molecular weight is 580 g/mol. The van der Waals surface area contributed by atoms with Gasteiger partial charge in [0.05, 0.1) is 27.9 Å². The molecule has 1 aliphatic rings. The Balaban J connectivity index is 1.11. The van der Waals surface area contributed by atoms with E-state index in [-0.39, 0.29) is 5.56 Å². The first kappa shape index (κ1) is 28.0. The molecule has 7 nitrogen and oxygen atoms in total. The Morgan fingerprint density at radius 1 is 0.875 bits per heavy atom. The van der Waals surface area contributed by atoms with Crippen LogP contribution in [-0.4, -0.2) is 54.8 Å². The van der Waals surface area contributed by atoms with E-state index in [1.165, 1.54) is 10.6 Å². The van der Waals surface area contributed by atoms with Gasteiger partial charge in [0, 0.05) is 44.9 Å². The SMILES string of the molecule is O=C(NCc1ccccc1)n1c(=O)ccc2ccc(OCCCCN3CCN(c4cccc(Cl)c4Cl)CC3)cc21. The number of pyridine rings is 1. The van der Waals surface area contributed by atoms with E-state index in [4.69, 9.17) is 27.9 Å². The van der Waals surface area contributed by atoms with Gasteiger partial charge in [0.2, 0.25) is 0 Å². The summed E-state index contributed by atoms with van der Waals surface area (Å²) in [5.41, 5.74) is 2.10. The molecule has 5 rings (SSSR count). The van der Waals surface area contributed by atoms with Crippen molar-refractivity contribution in [1.29, 1.82) is 0 Å². The largest absolute Gasteiger partial charge is 0.494 e. The number of aromatic nitrogens is 1. The zero-order valence-corrected chi connectivity index (χ0v) is 23.7. The maximum Gasteiger partial charge on any atom is 0.329 e. The molecule has 0 saturated carbocycles. The molecule has 1 N–H and O–H groups in total. The van der Waals surface area contributed by atoms with E-state index in [1.54, 1.807) is 12.1 Å². The van der Waals surface area contributed by atoms with Crippen molar-refractivity contribution in [3.63, 3.8) is 0 Å². The number of carbonyl (C=O) groups is 1. The number of unbranched alkanes of at least 4 members (excludes halogenated alkanes) is 1. The van der Waals surface area contributed by atoms with E-state index in [0.717, 1.165) is 62.2 Å². The lowest BCUT2D eigenvalue weighted by Gasteiger charge is -2.36. The standard InChI is InChI=1S/C31H32Cl2N4O3/c32-26-9-6-10-27(30(26)33)36-18-16-35(17-19-36)15-4-5-20-40-25-13-11-24-12-14-29(38)37(28(24)21-25)31(39)34-22-23-7-2-1-3-8-23/h1-3,6-14,21H,4-5,15-20,22H2,(H,34,39). The molecule has 1 saturated heterocycles. The number of amides is 1. The molecular weight excluding hydrogens is 547 g/mol. The van der Waals surface area contributed by atoms with E-state index < -0.39 is 6.03 Å². The molecule has 3 aromatic carbocycles. The van der Waals surface area contributed by atoms with Gasteiger partial charge in [-0.1, -0.05) is 59.6 Å². The molecule has 9 heteroatoms. The Labute approximate surface area is 243 Å². The third-order valence-corrected chi connectivity index (χ3v) is 7.95. The molecule has 1 fully saturated rings. The van der Waals surface area contributed by atoms with Crippen LogP contribution in [0.2, 0.25) is 10.0 Å². The lowest BCUT2D eigenvalue weighted by Crippen LogP contribution is -2.46. The molecule has 1 amide bonds. The third kappa shape index (κ3) is 6.78. The van der Waals surface area contributed by atoms with Gasteiger partial charge in [-0.3, -0.25) is 9.69 Å². The number of benzene rings is 3. The number of hydrogen-bond donors (Lipinski definition) is 1. The fourth-order valence-electron chi connectivity index (χ4n) is 4.94. The number of piperazine rings is 1. The van der Waals surface area contributed by atoms with Gasteiger partial charge in [0.25, 0.3) is 5.56 Å². The summed E-state index contributed by atoms with van der Waals surface area (Å²) in [6, 6.07) is 23.5. The molecule has 1 aliphatic heterocycles. The van der Waals surface area contributed by atoms with E-state index >= 15 is 0 Å². The van der Waals surface area contributed by atoms with Crippen LogP contribution in [0.3, 0.4) is 0 Å². The summed E-state index contributed by atoms with van der Waals surface area (Å²) < 4.78 is 7.17. The summed E-state index contributed by atoms with van der Waals surface area (Å²) in [5, 5.41) is 4.84. The first-order valence-corrected chi connectivity index (χ1v) is 14.3. The van der Waals surface area contributed by atoms with Crippen molar-refractivity contribution in [1.82, 2.24) is 14.8 Å². The van der Waals surface area contributed by atoms with Crippen LogP contribution in [0.15, 0.2) is 83.7 Å². The van der Waals surface area contributed by atoms with Crippen LogP contribution in [0.25, 0.3) is 10.9 Å². The highest BCUT2D eigenvalue weighted by atomic mass is 35.5. The van der Waals surface area contributed by atoms with Crippen molar-refractivity contribution in [2.75, 3.05) is 44.2 Å². The Morgan fingerprint density at radius 2 is 1.65 bits per heavy atom. The monoisotopic (exact) mass is 578 g/mol. The summed E-state index contributed by atoms with van der Waals surface area (Å²) in [7, 11) is 0. The number of rotatable bonds is 9. The van der Waals surface area contributed by atoms with E-state index in [0.29, 0.717) is 34.5 Å². The van der Waals surface area contributed by atoms with Crippen LogP contribution in [0.4, 0.5) is 10.5 Å². The van der Waals surface area contributed by atoms with Crippen LogP contribution in [-0.2, 0) is 6.54 Å². The number of anilines is 1. The Morgan fingerprint density at radius 3 is 2.45 bits per heavy atom. The number of carbonyl (C=O) groups excluding carboxylic acids is 1. The van der Waals surface area contributed by atoms with Crippen molar-refractivity contribution in [2.45, 2.75) is 19.4 Å². The number of nitrogens with zero attached hydrogens (tertiary/aromatic N) is 3. The second-order valence-electron chi connectivity index (χ2n) is 9.83. The quantitative estimate of drug-likeness (QED) is 0.245. The molecule has 208 valence electrons. The van der Waals surface area contributed by atoms with Gasteiger partial charge in [0.15, 0.2) is 0 Å². The van der Waals surface area contributed by atoms with E-state index in [2.05, 4.69) is 15.1 Å². The minimum atomic E-state index is -0.464. The topological polar surface area (TPSA) is 66.8 Å². The molecule has 0 atom stereocenters. The van der Waals surface area contributed by atoms with Crippen LogP contribution in [0.5, 0.6) is 5.75 Å². The van der Waals surface area contributed by atoms with Crippen molar-refractivity contribution < 1.29 is 9.53 Å². The highest BCUT2D eigenvalue weighted by Crippen LogP contribution is 2.32. The van der Waals surface area contributed by atoms with Gasteiger partial charge in [0.1, 0.15) is 5.75 Å². The first-order chi connectivity index (χ1) is 19.5. The van der Waals surface area contributed by atoms with Gasteiger partial charge in [-0.05, 0) is 60.7 Å². The maximum atomic E-state index is 12.9. The summed E-state index contributed by atoms with van der Waals surface area (Å²) in [6.07, 6.45) is 1.91. The zero-order chi connectivity index (χ0) is 27.9. The second kappa shape index (κ2) is 13.2. The minimum absolute atomic E-state index is 0.335. The molecule has 0 spiro atoms. The van der Waals surface area contributed by atoms with Crippen LogP contribution < -0.4 is 20.5 Å². The second-order valence-corrected chi connectivity index (χ2v) is 10.6. The Kier molecular flexibility index (Phi) is 9.26. The fraction of sp³-hybridized carbons (Fsp3) is 0.290. The lowest BCUT2D eigenvalue weighted by molar-refractivity contribution is 0.238. The molecule has 0 radical (unpaired) electrons. The van der Waals surface area contributed by atoms with Crippen LogP contribution in [0, 0.1) is 0 Å². The van der Waals surface area contributed by atoms with E-state index in [9.17, 15) is 9.59 Å². The molecule has 0 aliphatic carbocycles. The summed E-state index contributed by atoms with van der Waals surface area (Å²) in [5.74, 6) is 0.634. The molecular formula is C31H32Cl2N4O3. The third-order valence-electron chi connectivity index (χ3n) is 7.14. The molecule has 4 aromatic rings. The molecule has 40 heavy (non-hydrogen) atoms. The first-order valence-electron chi connectivity index (χ1n) is 13.5. The molecule has 0 bridgehead atoms. The normalized spacial score (nSPS) is 13.9. The highest BCUT2D eigenvalue weighted by molar-refractivity contribution is 6.43. The van der Waals surface area contributed by atoms with Crippen molar-refractivity contribution in [2.24, 2.45) is 0 Å². The fourth-order valence-corrected chi connectivity index (χ4v) is 5.36. The van der Waals surface area contributed by atoms with Gasteiger partial charge >= 0.3 is 6.03 Å². The minimum Gasteiger partial charge on any atom is -0.494 e. The number of hydrogen-bond acceptors (Lipinski definition) is 5. The number of fused-ring (bicyclic) bond motifs is 1. The van der Waals surface area contributed by atoms with Crippen molar-refractivity contribution >= 4 is 45.8 Å². The molecule has 0 unspecified atom stereocenters. The number of nitrogens with one attached hydrogen (secondary N) is 1. The highest BCUT2D eigenvalue weighted by Gasteiger charge is 2.19. The summed E-state index contributed by atoms with van der Waals surface area (Å²) in [6.45, 7) is 5.65. The Hall–Kier alpha value is -3.52. The zero-order valence-electron chi connectivity index (χ0n) is 22.2.